The highest BCUT2D eigenvalue weighted by molar-refractivity contribution is 14.0. The maximum Gasteiger partial charge on any atom is 0.408 e. The van der Waals surface area contributed by atoms with E-state index in [2.05, 4.69) is 31.1 Å². The van der Waals surface area contributed by atoms with Crippen molar-refractivity contribution >= 4 is 36.0 Å². The van der Waals surface area contributed by atoms with Gasteiger partial charge in [0, 0.05) is 19.3 Å². The number of amides is 1. The molecule has 178 valence electrons. The van der Waals surface area contributed by atoms with Gasteiger partial charge in [-0.2, -0.15) is 0 Å². The number of alkyl carbamates (subject to hydrolysis) is 1. The summed E-state index contributed by atoms with van der Waals surface area (Å²) in [6.45, 7) is 10.6. The third-order valence-electron chi connectivity index (χ3n) is 5.00. The predicted molar refractivity (Wildman–Crippen MR) is 138 cm³/mol. The van der Waals surface area contributed by atoms with Crippen LogP contribution in [0.1, 0.15) is 53.3 Å². The van der Waals surface area contributed by atoms with Crippen LogP contribution >= 0.6 is 24.0 Å². The number of rotatable bonds is 8. The molecule has 0 fully saturated rings. The SMILES string of the molecule is CCC(CC)(CNC(=NC)NCc1nncn1-c1ccccc1)NC(=O)OC(C)(C)C.I. The monoisotopic (exact) mass is 557 g/mol. The zero-order chi connectivity index (χ0) is 22.9. The van der Waals surface area contributed by atoms with Crippen LogP contribution in [-0.2, 0) is 11.3 Å². The molecule has 2 rings (SSSR count). The molecular weight excluding hydrogens is 521 g/mol. The number of benzene rings is 1. The predicted octanol–water partition coefficient (Wildman–Crippen LogP) is 3.63. The lowest BCUT2D eigenvalue weighted by molar-refractivity contribution is 0.0448. The molecule has 0 aliphatic carbocycles. The van der Waals surface area contributed by atoms with Gasteiger partial charge in [-0.25, -0.2) is 4.79 Å². The lowest BCUT2D eigenvalue weighted by Crippen LogP contribution is -2.57. The molecule has 0 radical (unpaired) electrons. The van der Waals surface area contributed by atoms with E-state index in [0.29, 0.717) is 19.0 Å². The molecule has 0 saturated carbocycles. The first-order valence-corrected chi connectivity index (χ1v) is 10.6. The van der Waals surface area contributed by atoms with Gasteiger partial charge in [-0.15, -0.1) is 34.2 Å². The number of nitrogens with zero attached hydrogens (tertiary/aromatic N) is 4. The molecule has 0 saturated heterocycles. The molecule has 3 N–H and O–H groups in total. The lowest BCUT2D eigenvalue weighted by atomic mass is 9.93. The molecule has 9 nitrogen and oxygen atoms in total. The highest BCUT2D eigenvalue weighted by atomic mass is 127. The minimum atomic E-state index is -0.545. The maximum absolute atomic E-state index is 12.3. The molecule has 1 aromatic heterocycles. The summed E-state index contributed by atoms with van der Waals surface area (Å²) in [7, 11) is 1.71. The van der Waals surface area contributed by atoms with Crippen molar-refractivity contribution in [2.24, 2.45) is 4.99 Å². The number of para-hydroxylation sites is 1. The van der Waals surface area contributed by atoms with Gasteiger partial charge in [-0.1, -0.05) is 32.0 Å². The number of carbonyl (C=O) groups excluding carboxylic acids is 1. The van der Waals surface area contributed by atoms with Gasteiger partial charge in [0.2, 0.25) is 0 Å². The molecule has 1 aromatic carbocycles. The molecule has 0 unspecified atom stereocenters. The lowest BCUT2D eigenvalue weighted by Gasteiger charge is -2.34. The zero-order valence-corrected chi connectivity index (χ0v) is 22.1. The number of halogens is 1. The van der Waals surface area contributed by atoms with Crippen LogP contribution in [0, 0.1) is 0 Å². The molecule has 32 heavy (non-hydrogen) atoms. The Hall–Kier alpha value is -2.37. The highest BCUT2D eigenvalue weighted by Gasteiger charge is 2.30. The topological polar surface area (TPSA) is 105 Å². The van der Waals surface area contributed by atoms with E-state index in [9.17, 15) is 4.79 Å². The van der Waals surface area contributed by atoms with E-state index in [1.165, 1.54) is 0 Å². The largest absolute Gasteiger partial charge is 0.444 e. The Kier molecular flexibility index (Phi) is 10.9. The Morgan fingerprint density at radius 1 is 1.12 bits per heavy atom. The molecule has 0 bridgehead atoms. The number of guanidine groups is 1. The van der Waals surface area contributed by atoms with E-state index >= 15 is 0 Å². The fraction of sp³-hybridized carbons (Fsp3) is 0.545. The van der Waals surface area contributed by atoms with Gasteiger partial charge < -0.3 is 20.7 Å². The van der Waals surface area contributed by atoms with Crippen LogP contribution in [0.15, 0.2) is 41.7 Å². The van der Waals surface area contributed by atoms with Crippen molar-refractivity contribution in [3.8, 4) is 5.69 Å². The Labute approximate surface area is 207 Å². The summed E-state index contributed by atoms with van der Waals surface area (Å²) in [5.41, 5.74) is -0.00842. The summed E-state index contributed by atoms with van der Waals surface area (Å²) in [5.74, 6) is 1.37. The van der Waals surface area contributed by atoms with Crippen molar-refractivity contribution in [1.82, 2.24) is 30.7 Å². The summed E-state index contributed by atoms with van der Waals surface area (Å²) in [5, 5.41) is 17.8. The summed E-state index contributed by atoms with van der Waals surface area (Å²) in [4.78, 5) is 16.6. The summed E-state index contributed by atoms with van der Waals surface area (Å²) < 4.78 is 7.36. The second-order valence-electron chi connectivity index (χ2n) is 8.35. The number of hydrogen-bond donors (Lipinski definition) is 3. The van der Waals surface area contributed by atoms with Gasteiger partial charge >= 0.3 is 6.09 Å². The number of ether oxygens (including phenoxy) is 1. The quantitative estimate of drug-likeness (QED) is 0.260. The van der Waals surface area contributed by atoms with E-state index in [1.807, 2.05) is 69.5 Å². The van der Waals surface area contributed by atoms with Gasteiger partial charge in [0.25, 0.3) is 0 Å². The zero-order valence-electron chi connectivity index (χ0n) is 19.8. The minimum Gasteiger partial charge on any atom is -0.444 e. The van der Waals surface area contributed by atoms with Crippen LogP contribution in [0.3, 0.4) is 0 Å². The van der Waals surface area contributed by atoms with Crippen LogP contribution in [0.5, 0.6) is 0 Å². The summed E-state index contributed by atoms with van der Waals surface area (Å²) >= 11 is 0. The Bertz CT molecular complexity index is 859. The third-order valence-corrected chi connectivity index (χ3v) is 5.00. The van der Waals surface area contributed by atoms with Crippen molar-refractivity contribution in [3.63, 3.8) is 0 Å². The summed E-state index contributed by atoms with van der Waals surface area (Å²) in [6.07, 6.45) is 2.76. The number of nitrogens with one attached hydrogen (secondary N) is 3. The van der Waals surface area contributed by atoms with E-state index in [4.69, 9.17) is 4.74 Å². The first kappa shape index (κ1) is 27.7. The second-order valence-corrected chi connectivity index (χ2v) is 8.35. The van der Waals surface area contributed by atoms with Crippen molar-refractivity contribution < 1.29 is 9.53 Å². The standard InChI is InChI=1S/C22H35N7O2.HI/c1-7-22(8-2,27-20(30)31-21(3,4)5)15-25-19(23-6)24-14-18-28-26-16-29(18)17-12-10-9-11-13-17;/h9-13,16H,7-8,14-15H2,1-6H3,(H,27,30)(H2,23,24,25);1H. The van der Waals surface area contributed by atoms with Crippen LogP contribution in [0.2, 0.25) is 0 Å². The van der Waals surface area contributed by atoms with E-state index in [1.54, 1.807) is 13.4 Å². The Morgan fingerprint density at radius 2 is 1.78 bits per heavy atom. The smallest absolute Gasteiger partial charge is 0.408 e. The van der Waals surface area contributed by atoms with Crippen molar-refractivity contribution in [3.05, 3.63) is 42.5 Å². The van der Waals surface area contributed by atoms with Crippen LogP contribution in [0.25, 0.3) is 5.69 Å². The Balaban J connectivity index is 0.00000512. The van der Waals surface area contributed by atoms with Gasteiger partial charge in [-0.3, -0.25) is 9.56 Å². The van der Waals surface area contributed by atoms with Crippen molar-refractivity contribution in [1.29, 1.82) is 0 Å². The minimum absolute atomic E-state index is 0. The molecule has 0 aliphatic heterocycles. The van der Waals surface area contributed by atoms with Crippen molar-refractivity contribution in [2.45, 2.75) is 65.1 Å². The summed E-state index contributed by atoms with van der Waals surface area (Å²) in [6, 6.07) is 9.91. The first-order chi connectivity index (χ1) is 14.7. The molecule has 10 heteroatoms. The van der Waals surface area contributed by atoms with Crippen LogP contribution < -0.4 is 16.0 Å². The van der Waals surface area contributed by atoms with Gasteiger partial charge in [0.15, 0.2) is 11.8 Å². The number of aromatic nitrogens is 3. The van der Waals surface area contributed by atoms with Gasteiger partial charge in [-0.05, 0) is 45.7 Å². The van der Waals surface area contributed by atoms with Crippen molar-refractivity contribution in [2.75, 3.05) is 13.6 Å². The average Bonchev–Trinajstić information content (AvgIpc) is 3.21. The van der Waals surface area contributed by atoms with E-state index in [0.717, 1.165) is 24.4 Å². The van der Waals surface area contributed by atoms with E-state index in [-0.39, 0.29) is 24.0 Å². The highest BCUT2D eigenvalue weighted by Crippen LogP contribution is 2.16. The average molecular weight is 557 g/mol. The number of carbonyl (C=O) groups is 1. The van der Waals surface area contributed by atoms with E-state index < -0.39 is 17.2 Å². The molecule has 1 heterocycles. The molecule has 0 atom stereocenters. The molecule has 1 amide bonds. The molecule has 0 aliphatic rings. The fourth-order valence-electron chi connectivity index (χ4n) is 3.06. The second kappa shape index (κ2) is 12.6. The maximum atomic E-state index is 12.3. The third kappa shape index (κ3) is 8.29. The molecule has 2 aromatic rings. The van der Waals surface area contributed by atoms with Gasteiger partial charge in [0.05, 0.1) is 12.1 Å². The first-order valence-electron chi connectivity index (χ1n) is 10.6. The Morgan fingerprint density at radius 3 is 2.34 bits per heavy atom. The van der Waals surface area contributed by atoms with Gasteiger partial charge in [0.1, 0.15) is 11.9 Å². The number of aliphatic imine (C=N–C) groups is 1. The normalized spacial score (nSPS) is 12.0. The van der Waals surface area contributed by atoms with Crippen LogP contribution in [0.4, 0.5) is 4.79 Å². The number of hydrogen-bond acceptors (Lipinski definition) is 5. The van der Waals surface area contributed by atoms with Crippen LogP contribution in [-0.4, -0.2) is 51.5 Å². The molecule has 0 spiro atoms. The fourth-order valence-corrected chi connectivity index (χ4v) is 3.06. The molecular formula is C22H36IN7O2.